The van der Waals surface area contributed by atoms with E-state index in [9.17, 15) is 5.11 Å². The third-order valence-electron chi connectivity index (χ3n) is 2.60. The maximum Gasteiger partial charge on any atom is 0.0521 e. The third kappa shape index (κ3) is 2.70. The first kappa shape index (κ1) is 11.0. The number of hydrogen-bond acceptors (Lipinski definition) is 2. The quantitative estimate of drug-likeness (QED) is 0.722. The van der Waals surface area contributed by atoms with Gasteiger partial charge in [-0.25, -0.2) is 0 Å². The summed E-state index contributed by atoms with van der Waals surface area (Å²) in [6, 6.07) is 0. The number of aliphatic hydroxyl groups is 1. The van der Waals surface area contributed by atoms with Crippen LogP contribution in [0.2, 0.25) is 0 Å². The van der Waals surface area contributed by atoms with Crippen molar-refractivity contribution < 1.29 is 5.11 Å². The van der Waals surface area contributed by atoms with Crippen LogP contribution >= 0.6 is 0 Å². The van der Waals surface area contributed by atoms with Crippen molar-refractivity contribution in [3.05, 3.63) is 30.6 Å². The fourth-order valence-electron chi connectivity index (χ4n) is 1.28. The summed E-state index contributed by atoms with van der Waals surface area (Å²) in [6.45, 7) is 5.90. The first-order valence-electron chi connectivity index (χ1n) is 4.81. The molecule has 0 aromatic carbocycles. The van der Waals surface area contributed by atoms with Gasteiger partial charge in [0.1, 0.15) is 0 Å². The van der Waals surface area contributed by atoms with Gasteiger partial charge >= 0.3 is 0 Å². The summed E-state index contributed by atoms with van der Waals surface area (Å²) >= 11 is 0. The molecular formula is C11H18N2O. The van der Waals surface area contributed by atoms with E-state index in [0.29, 0.717) is 0 Å². The Morgan fingerprint density at radius 2 is 2.43 bits per heavy atom. The summed E-state index contributed by atoms with van der Waals surface area (Å²) in [4.78, 5) is 0. The molecule has 78 valence electrons. The minimum absolute atomic E-state index is 0.150. The molecule has 3 nitrogen and oxygen atoms in total. The lowest BCUT2D eigenvalue weighted by Gasteiger charge is -2.22. The van der Waals surface area contributed by atoms with Crippen LogP contribution in [0.15, 0.2) is 25.0 Å². The van der Waals surface area contributed by atoms with Crippen molar-refractivity contribution in [2.24, 2.45) is 12.5 Å². The number of rotatable bonds is 5. The summed E-state index contributed by atoms with van der Waals surface area (Å²) in [5.41, 5.74) is 1.03. The normalized spacial score (nSPS) is 15.1. The number of hydrogen-bond donors (Lipinski definition) is 1. The summed E-state index contributed by atoms with van der Waals surface area (Å²) < 4.78 is 1.79. The molecule has 0 spiro atoms. The maximum atomic E-state index is 9.18. The lowest BCUT2D eigenvalue weighted by Crippen LogP contribution is -2.18. The van der Waals surface area contributed by atoms with E-state index in [0.717, 1.165) is 12.8 Å². The molecular weight excluding hydrogens is 176 g/mol. The van der Waals surface area contributed by atoms with Gasteiger partial charge in [-0.1, -0.05) is 13.0 Å². The predicted octanol–water partition coefficient (Wildman–Crippen LogP) is 1.54. The minimum atomic E-state index is -0.171. The lowest BCUT2D eigenvalue weighted by atomic mass is 9.85. The Labute approximate surface area is 85.1 Å². The van der Waals surface area contributed by atoms with Crippen LogP contribution in [0, 0.1) is 5.41 Å². The highest BCUT2D eigenvalue weighted by molar-refractivity contribution is 5.05. The zero-order valence-electron chi connectivity index (χ0n) is 8.90. The van der Waals surface area contributed by atoms with Crippen LogP contribution in [0.3, 0.4) is 0 Å². The van der Waals surface area contributed by atoms with Crippen molar-refractivity contribution in [2.75, 3.05) is 6.61 Å². The molecule has 0 bridgehead atoms. The molecule has 14 heavy (non-hydrogen) atoms. The van der Waals surface area contributed by atoms with Crippen molar-refractivity contribution in [3.63, 3.8) is 0 Å². The van der Waals surface area contributed by atoms with Crippen molar-refractivity contribution in [1.82, 2.24) is 9.78 Å². The molecule has 0 aliphatic rings. The third-order valence-corrected chi connectivity index (χ3v) is 2.60. The van der Waals surface area contributed by atoms with Gasteiger partial charge in [-0.3, -0.25) is 4.68 Å². The van der Waals surface area contributed by atoms with Crippen LogP contribution in [0.1, 0.15) is 18.9 Å². The Balaban J connectivity index is 2.51. The van der Waals surface area contributed by atoms with E-state index in [2.05, 4.69) is 11.7 Å². The molecule has 0 fully saturated rings. The van der Waals surface area contributed by atoms with E-state index in [1.54, 1.807) is 4.68 Å². The van der Waals surface area contributed by atoms with Crippen LogP contribution in [-0.4, -0.2) is 21.5 Å². The predicted molar refractivity (Wildman–Crippen MR) is 56.9 cm³/mol. The van der Waals surface area contributed by atoms with Crippen LogP contribution in [0.5, 0.6) is 0 Å². The number of aryl methyl sites for hydroxylation is 2. The van der Waals surface area contributed by atoms with Gasteiger partial charge in [0.15, 0.2) is 0 Å². The fourth-order valence-corrected chi connectivity index (χ4v) is 1.28. The van der Waals surface area contributed by atoms with Gasteiger partial charge in [0.25, 0.3) is 0 Å². The average Bonchev–Trinajstić information content (AvgIpc) is 2.61. The van der Waals surface area contributed by atoms with Crippen molar-refractivity contribution in [3.8, 4) is 0 Å². The fraction of sp³-hybridized carbons (Fsp3) is 0.545. The molecule has 1 unspecified atom stereocenters. The highest BCUT2D eigenvalue weighted by Crippen LogP contribution is 2.23. The highest BCUT2D eigenvalue weighted by atomic mass is 16.3. The van der Waals surface area contributed by atoms with E-state index in [1.165, 1.54) is 5.56 Å². The number of aliphatic hydroxyl groups excluding tert-OH is 1. The molecule has 3 heteroatoms. The summed E-state index contributed by atoms with van der Waals surface area (Å²) in [7, 11) is 1.91. The molecule has 1 rings (SSSR count). The van der Waals surface area contributed by atoms with Gasteiger partial charge in [-0.15, -0.1) is 6.58 Å². The number of aromatic nitrogens is 2. The molecule has 1 aromatic rings. The average molecular weight is 194 g/mol. The molecule has 0 saturated carbocycles. The minimum Gasteiger partial charge on any atom is -0.395 e. The Kier molecular flexibility index (Phi) is 3.47. The molecule has 0 amide bonds. The zero-order valence-corrected chi connectivity index (χ0v) is 8.90. The Hall–Kier alpha value is -1.09. The highest BCUT2D eigenvalue weighted by Gasteiger charge is 2.18. The lowest BCUT2D eigenvalue weighted by molar-refractivity contribution is 0.176. The van der Waals surface area contributed by atoms with Gasteiger partial charge < -0.3 is 5.11 Å². The summed E-state index contributed by atoms with van der Waals surface area (Å²) in [5, 5.41) is 13.3. The number of nitrogens with zero attached hydrogens (tertiary/aromatic N) is 2. The zero-order chi connectivity index (χ0) is 10.6. The Morgan fingerprint density at radius 3 is 2.86 bits per heavy atom. The van der Waals surface area contributed by atoms with Crippen LogP contribution < -0.4 is 0 Å². The van der Waals surface area contributed by atoms with Crippen molar-refractivity contribution in [1.29, 1.82) is 0 Å². The van der Waals surface area contributed by atoms with Gasteiger partial charge in [-0.05, 0) is 18.4 Å². The van der Waals surface area contributed by atoms with Gasteiger partial charge in [0.05, 0.1) is 12.8 Å². The van der Waals surface area contributed by atoms with Gasteiger partial charge in [-0.2, -0.15) is 5.10 Å². The molecule has 0 saturated heterocycles. The molecule has 0 aliphatic heterocycles. The standard InChI is InChI=1S/C11H18N2O/c1-4-11(2,9-14)6-5-10-7-12-13(3)8-10/h4,7-8,14H,1,5-6,9H2,2-3H3. The van der Waals surface area contributed by atoms with Crippen LogP contribution in [-0.2, 0) is 13.5 Å². The summed E-state index contributed by atoms with van der Waals surface area (Å²) in [6.07, 6.45) is 7.51. The SMILES string of the molecule is C=CC(C)(CO)CCc1cnn(C)c1. The second-order valence-electron chi connectivity index (χ2n) is 4.04. The van der Waals surface area contributed by atoms with E-state index in [1.807, 2.05) is 32.4 Å². The van der Waals surface area contributed by atoms with E-state index in [4.69, 9.17) is 0 Å². The monoisotopic (exact) mass is 194 g/mol. The van der Waals surface area contributed by atoms with E-state index < -0.39 is 0 Å². The molecule has 1 heterocycles. The second-order valence-corrected chi connectivity index (χ2v) is 4.04. The topological polar surface area (TPSA) is 38.1 Å². The van der Waals surface area contributed by atoms with E-state index >= 15 is 0 Å². The Morgan fingerprint density at radius 1 is 1.71 bits per heavy atom. The smallest absolute Gasteiger partial charge is 0.0521 e. The van der Waals surface area contributed by atoms with Gasteiger partial charge in [0, 0.05) is 18.7 Å². The van der Waals surface area contributed by atoms with Crippen LogP contribution in [0.25, 0.3) is 0 Å². The molecule has 1 atom stereocenters. The second kappa shape index (κ2) is 4.42. The van der Waals surface area contributed by atoms with Crippen LogP contribution in [0.4, 0.5) is 0 Å². The molecule has 1 aromatic heterocycles. The molecule has 0 radical (unpaired) electrons. The van der Waals surface area contributed by atoms with E-state index in [-0.39, 0.29) is 12.0 Å². The first-order valence-corrected chi connectivity index (χ1v) is 4.81. The molecule has 1 N–H and O–H groups in total. The Bertz CT molecular complexity index is 306. The maximum absolute atomic E-state index is 9.18. The molecule has 0 aliphatic carbocycles. The largest absolute Gasteiger partial charge is 0.395 e. The first-order chi connectivity index (χ1) is 6.59. The van der Waals surface area contributed by atoms with Crippen molar-refractivity contribution in [2.45, 2.75) is 19.8 Å². The van der Waals surface area contributed by atoms with Gasteiger partial charge in [0.2, 0.25) is 0 Å². The van der Waals surface area contributed by atoms with Crippen molar-refractivity contribution >= 4 is 0 Å². The summed E-state index contributed by atoms with van der Waals surface area (Å²) in [5.74, 6) is 0.